The number of anilines is 1. The molecule has 106 valence electrons. The van der Waals surface area contributed by atoms with Gasteiger partial charge in [0.1, 0.15) is 17.2 Å². The zero-order valence-electron chi connectivity index (χ0n) is 12.1. The lowest BCUT2D eigenvalue weighted by Gasteiger charge is -2.10. The first-order valence-electron chi connectivity index (χ1n) is 7.01. The molecule has 0 bridgehead atoms. The van der Waals surface area contributed by atoms with E-state index in [-0.39, 0.29) is 0 Å². The Kier molecular flexibility index (Phi) is 4.88. The Hall–Kier alpha value is -2.16. The Labute approximate surface area is 120 Å². The van der Waals surface area contributed by atoms with Crippen molar-refractivity contribution >= 4 is 5.69 Å². The second kappa shape index (κ2) is 6.85. The van der Waals surface area contributed by atoms with E-state index in [0.717, 1.165) is 24.3 Å². The van der Waals surface area contributed by atoms with E-state index in [1.807, 2.05) is 24.3 Å². The Bertz CT molecular complexity index is 549. The van der Waals surface area contributed by atoms with Crippen LogP contribution in [0.5, 0.6) is 17.2 Å². The van der Waals surface area contributed by atoms with Gasteiger partial charge < -0.3 is 15.2 Å². The standard InChI is InChI=1S/C17H21NO2/c1-3-9-19-16-10-14(18)11-17(12-16)20-15-7-5-13(4-2)6-8-15/h5-8,10-12H,3-4,9,18H2,1-2H3. The molecule has 0 aromatic heterocycles. The Balaban J connectivity index is 2.12. The maximum Gasteiger partial charge on any atom is 0.133 e. The van der Waals surface area contributed by atoms with Gasteiger partial charge in [-0.05, 0) is 30.5 Å². The summed E-state index contributed by atoms with van der Waals surface area (Å²) < 4.78 is 11.4. The number of hydrogen-bond donors (Lipinski definition) is 1. The summed E-state index contributed by atoms with van der Waals surface area (Å²) in [6.45, 7) is 4.87. The number of benzene rings is 2. The van der Waals surface area contributed by atoms with Crippen molar-refractivity contribution in [1.29, 1.82) is 0 Å². The van der Waals surface area contributed by atoms with E-state index in [0.29, 0.717) is 18.0 Å². The number of aryl methyl sites for hydroxylation is 1. The van der Waals surface area contributed by atoms with Crippen LogP contribution in [0.15, 0.2) is 42.5 Å². The monoisotopic (exact) mass is 271 g/mol. The molecule has 0 saturated carbocycles. The highest BCUT2D eigenvalue weighted by molar-refractivity contribution is 5.51. The van der Waals surface area contributed by atoms with Gasteiger partial charge in [0.25, 0.3) is 0 Å². The third-order valence-electron chi connectivity index (χ3n) is 2.94. The van der Waals surface area contributed by atoms with Crippen LogP contribution >= 0.6 is 0 Å². The first-order chi connectivity index (χ1) is 9.71. The van der Waals surface area contributed by atoms with Gasteiger partial charge in [-0.1, -0.05) is 26.0 Å². The fraction of sp³-hybridized carbons (Fsp3) is 0.294. The lowest BCUT2D eigenvalue weighted by atomic mass is 10.2. The fourth-order valence-corrected chi connectivity index (χ4v) is 1.89. The normalized spacial score (nSPS) is 10.3. The molecule has 3 heteroatoms. The van der Waals surface area contributed by atoms with E-state index in [1.165, 1.54) is 5.56 Å². The van der Waals surface area contributed by atoms with Crippen LogP contribution in [-0.4, -0.2) is 6.61 Å². The molecule has 0 heterocycles. The molecule has 3 nitrogen and oxygen atoms in total. The molecule has 0 fully saturated rings. The highest BCUT2D eigenvalue weighted by Crippen LogP contribution is 2.28. The first kappa shape index (κ1) is 14.3. The van der Waals surface area contributed by atoms with Crippen LogP contribution in [0.25, 0.3) is 0 Å². The van der Waals surface area contributed by atoms with E-state index in [1.54, 1.807) is 6.07 Å². The molecule has 0 radical (unpaired) electrons. The molecule has 0 unspecified atom stereocenters. The summed E-state index contributed by atoms with van der Waals surface area (Å²) in [5, 5.41) is 0. The van der Waals surface area contributed by atoms with Crippen molar-refractivity contribution in [2.75, 3.05) is 12.3 Å². The second-order valence-electron chi connectivity index (χ2n) is 4.69. The van der Waals surface area contributed by atoms with E-state index in [2.05, 4.69) is 26.0 Å². The molecule has 2 rings (SSSR count). The zero-order valence-corrected chi connectivity index (χ0v) is 12.1. The van der Waals surface area contributed by atoms with Gasteiger partial charge in [0.05, 0.1) is 6.61 Å². The van der Waals surface area contributed by atoms with Crippen molar-refractivity contribution in [2.45, 2.75) is 26.7 Å². The van der Waals surface area contributed by atoms with Gasteiger partial charge in [0, 0.05) is 23.9 Å². The number of nitrogen functional groups attached to an aromatic ring is 1. The van der Waals surface area contributed by atoms with Crippen LogP contribution in [0.1, 0.15) is 25.8 Å². The van der Waals surface area contributed by atoms with Crippen molar-refractivity contribution in [3.63, 3.8) is 0 Å². The van der Waals surface area contributed by atoms with Crippen molar-refractivity contribution in [1.82, 2.24) is 0 Å². The van der Waals surface area contributed by atoms with Crippen molar-refractivity contribution in [3.05, 3.63) is 48.0 Å². The quantitative estimate of drug-likeness (QED) is 0.791. The topological polar surface area (TPSA) is 44.5 Å². The van der Waals surface area contributed by atoms with E-state index in [4.69, 9.17) is 15.2 Å². The largest absolute Gasteiger partial charge is 0.493 e. The molecular weight excluding hydrogens is 250 g/mol. The highest BCUT2D eigenvalue weighted by Gasteiger charge is 2.03. The summed E-state index contributed by atoms with van der Waals surface area (Å²) in [7, 11) is 0. The van der Waals surface area contributed by atoms with Crippen LogP contribution in [0.2, 0.25) is 0 Å². The lowest BCUT2D eigenvalue weighted by molar-refractivity contribution is 0.316. The fourth-order valence-electron chi connectivity index (χ4n) is 1.89. The van der Waals surface area contributed by atoms with Gasteiger partial charge in [0.15, 0.2) is 0 Å². The second-order valence-corrected chi connectivity index (χ2v) is 4.69. The van der Waals surface area contributed by atoms with Crippen LogP contribution in [0, 0.1) is 0 Å². The molecule has 0 atom stereocenters. The van der Waals surface area contributed by atoms with Crippen LogP contribution in [0.4, 0.5) is 5.69 Å². The Morgan fingerprint density at radius 3 is 2.25 bits per heavy atom. The molecule has 0 aliphatic carbocycles. The summed E-state index contributed by atoms with van der Waals surface area (Å²) in [4.78, 5) is 0. The van der Waals surface area contributed by atoms with Crippen molar-refractivity contribution in [3.8, 4) is 17.2 Å². The smallest absolute Gasteiger partial charge is 0.133 e. The molecule has 2 aromatic carbocycles. The molecule has 0 amide bonds. The summed E-state index contributed by atoms with van der Waals surface area (Å²) in [6, 6.07) is 13.5. The molecule has 0 saturated heterocycles. The van der Waals surface area contributed by atoms with Gasteiger partial charge in [-0.15, -0.1) is 0 Å². The molecule has 0 aliphatic rings. The zero-order chi connectivity index (χ0) is 14.4. The van der Waals surface area contributed by atoms with Crippen molar-refractivity contribution < 1.29 is 9.47 Å². The summed E-state index contributed by atoms with van der Waals surface area (Å²) in [6.07, 6.45) is 1.98. The predicted molar refractivity (Wildman–Crippen MR) is 82.5 cm³/mol. The van der Waals surface area contributed by atoms with E-state index < -0.39 is 0 Å². The molecule has 0 aliphatic heterocycles. The maximum atomic E-state index is 5.87. The predicted octanol–water partition coefficient (Wildman–Crippen LogP) is 4.41. The first-order valence-corrected chi connectivity index (χ1v) is 7.01. The summed E-state index contributed by atoms with van der Waals surface area (Å²) in [5.41, 5.74) is 7.80. The Morgan fingerprint density at radius 1 is 0.900 bits per heavy atom. The molecule has 2 aromatic rings. The third-order valence-corrected chi connectivity index (χ3v) is 2.94. The average molecular weight is 271 g/mol. The molecule has 20 heavy (non-hydrogen) atoms. The minimum absolute atomic E-state index is 0.638. The van der Waals surface area contributed by atoms with Gasteiger partial charge in [-0.3, -0.25) is 0 Å². The minimum atomic E-state index is 0.638. The number of hydrogen-bond acceptors (Lipinski definition) is 3. The highest BCUT2D eigenvalue weighted by atomic mass is 16.5. The average Bonchev–Trinajstić information content (AvgIpc) is 2.45. The lowest BCUT2D eigenvalue weighted by Crippen LogP contribution is -1.97. The molecule has 2 N–H and O–H groups in total. The van der Waals surface area contributed by atoms with Crippen LogP contribution < -0.4 is 15.2 Å². The maximum absolute atomic E-state index is 5.87. The van der Waals surface area contributed by atoms with E-state index in [9.17, 15) is 0 Å². The number of nitrogens with two attached hydrogens (primary N) is 1. The number of ether oxygens (including phenoxy) is 2. The van der Waals surface area contributed by atoms with Gasteiger partial charge in [0.2, 0.25) is 0 Å². The van der Waals surface area contributed by atoms with Gasteiger partial charge in [-0.25, -0.2) is 0 Å². The summed E-state index contributed by atoms with van der Waals surface area (Å²) in [5.74, 6) is 2.24. The SMILES string of the molecule is CCCOc1cc(N)cc(Oc2ccc(CC)cc2)c1. The summed E-state index contributed by atoms with van der Waals surface area (Å²) >= 11 is 0. The van der Waals surface area contributed by atoms with Crippen LogP contribution in [-0.2, 0) is 6.42 Å². The van der Waals surface area contributed by atoms with Crippen molar-refractivity contribution in [2.24, 2.45) is 0 Å². The number of rotatable bonds is 6. The molecular formula is C17H21NO2. The molecule has 0 spiro atoms. The van der Waals surface area contributed by atoms with Gasteiger partial charge in [-0.2, -0.15) is 0 Å². The van der Waals surface area contributed by atoms with Crippen LogP contribution in [0.3, 0.4) is 0 Å². The van der Waals surface area contributed by atoms with E-state index >= 15 is 0 Å². The van der Waals surface area contributed by atoms with Gasteiger partial charge >= 0.3 is 0 Å². The third kappa shape index (κ3) is 3.92. The minimum Gasteiger partial charge on any atom is -0.493 e. The Morgan fingerprint density at radius 2 is 1.60 bits per heavy atom.